The monoisotopic (exact) mass is 323 g/mol. The van der Waals surface area contributed by atoms with Gasteiger partial charge in [-0.15, -0.1) is 0 Å². The molecule has 1 unspecified atom stereocenters. The summed E-state index contributed by atoms with van der Waals surface area (Å²) in [5.41, 5.74) is 0.121. The third-order valence-corrected chi connectivity index (χ3v) is 2.85. The number of nitrogens with zero attached hydrogens (tertiary/aromatic N) is 1. The highest BCUT2D eigenvalue weighted by molar-refractivity contribution is 6.33. The van der Waals surface area contributed by atoms with Gasteiger partial charge in [-0.05, 0) is 19.4 Å². The van der Waals surface area contributed by atoms with Crippen molar-refractivity contribution in [2.24, 2.45) is 0 Å². The third-order valence-electron chi connectivity index (χ3n) is 2.56. The number of pyridine rings is 1. The predicted octanol–water partition coefficient (Wildman–Crippen LogP) is 3.63. The SMILES string of the molecule is CCCNc1ncc(C(=O)NC(C)CC(F)(F)F)cc1Cl. The van der Waals surface area contributed by atoms with E-state index in [1.165, 1.54) is 19.2 Å². The molecule has 8 heteroatoms. The maximum Gasteiger partial charge on any atom is 0.391 e. The van der Waals surface area contributed by atoms with Crippen molar-refractivity contribution in [2.45, 2.75) is 38.9 Å². The van der Waals surface area contributed by atoms with Gasteiger partial charge in [-0.2, -0.15) is 13.2 Å². The van der Waals surface area contributed by atoms with E-state index in [1.807, 2.05) is 6.92 Å². The van der Waals surface area contributed by atoms with Gasteiger partial charge in [-0.1, -0.05) is 18.5 Å². The highest BCUT2D eigenvalue weighted by Gasteiger charge is 2.30. The van der Waals surface area contributed by atoms with Gasteiger partial charge in [0.05, 0.1) is 17.0 Å². The van der Waals surface area contributed by atoms with Crippen molar-refractivity contribution in [3.8, 4) is 0 Å². The predicted molar refractivity (Wildman–Crippen MR) is 75.6 cm³/mol. The van der Waals surface area contributed by atoms with Gasteiger partial charge in [0.25, 0.3) is 5.91 Å². The molecule has 0 fully saturated rings. The first-order valence-electron chi connectivity index (χ1n) is 6.50. The number of aromatic nitrogens is 1. The van der Waals surface area contributed by atoms with E-state index < -0.39 is 24.5 Å². The maximum absolute atomic E-state index is 12.2. The van der Waals surface area contributed by atoms with Crippen LogP contribution in [0.2, 0.25) is 5.02 Å². The molecular formula is C13H17ClF3N3O. The number of carbonyl (C=O) groups is 1. The lowest BCUT2D eigenvalue weighted by Crippen LogP contribution is -2.36. The number of hydrogen-bond donors (Lipinski definition) is 2. The molecule has 0 bridgehead atoms. The zero-order valence-corrected chi connectivity index (χ0v) is 12.5. The van der Waals surface area contributed by atoms with Gasteiger partial charge in [0.1, 0.15) is 5.82 Å². The zero-order valence-electron chi connectivity index (χ0n) is 11.7. The molecule has 0 aromatic carbocycles. The molecule has 4 nitrogen and oxygen atoms in total. The van der Waals surface area contributed by atoms with E-state index in [-0.39, 0.29) is 10.6 Å². The summed E-state index contributed by atoms with van der Waals surface area (Å²) < 4.78 is 36.6. The molecule has 1 aromatic heterocycles. The smallest absolute Gasteiger partial charge is 0.369 e. The molecule has 1 atom stereocenters. The van der Waals surface area contributed by atoms with E-state index in [0.717, 1.165) is 6.42 Å². The second-order valence-corrected chi connectivity index (χ2v) is 5.08. The van der Waals surface area contributed by atoms with Crippen LogP contribution in [0.25, 0.3) is 0 Å². The van der Waals surface area contributed by atoms with Crippen molar-refractivity contribution in [1.82, 2.24) is 10.3 Å². The Morgan fingerprint density at radius 3 is 2.67 bits per heavy atom. The Kier molecular flexibility index (Phi) is 6.26. The first-order chi connectivity index (χ1) is 9.73. The Balaban J connectivity index is 2.68. The van der Waals surface area contributed by atoms with Crippen LogP contribution in [-0.4, -0.2) is 29.7 Å². The number of hydrogen-bond acceptors (Lipinski definition) is 3. The Labute approximate surface area is 126 Å². The lowest BCUT2D eigenvalue weighted by atomic mass is 10.2. The van der Waals surface area contributed by atoms with Crippen LogP contribution in [0.4, 0.5) is 19.0 Å². The van der Waals surface area contributed by atoms with E-state index in [9.17, 15) is 18.0 Å². The topological polar surface area (TPSA) is 54.0 Å². The fourth-order valence-corrected chi connectivity index (χ4v) is 1.87. The molecule has 1 amide bonds. The third kappa shape index (κ3) is 6.20. The Morgan fingerprint density at radius 1 is 1.48 bits per heavy atom. The molecule has 0 aliphatic heterocycles. The van der Waals surface area contributed by atoms with Gasteiger partial charge in [0.2, 0.25) is 0 Å². The molecular weight excluding hydrogens is 307 g/mol. The molecule has 1 rings (SSSR count). The lowest BCUT2D eigenvalue weighted by molar-refractivity contribution is -0.138. The number of halogens is 4. The first-order valence-corrected chi connectivity index (χ1v) is 6.87. The minimum atomic E-state index is -4.32. The van der Waals surface area contributed by atoms with E-state index in [2.05, 4.69) is 15.6 Å². The Morgan fingerprint density at radius 2 is 2.14 bits per heavy atom. The van der Waals surface area contributed by atoms with E-state index in [4.69, 9.17) is 11.6 Å². The average molecular weight is 324 g/mol. The summed E-state index contributed by atoms with van der Waals surface area (Å²) in [6.07, 6.45) is -3.25. The van der Waals surface area contributed by atoms with Crippen LogP contribution in [-0.2, 0) is 0 Å². The van der Waals surface area contributed by atoms with Gasteiger partial charge in [0, 0.05) is 18.8 Å². The normalized spacial score (nSPS) is 12.9. The largest absolute Gasteiger partial charge is 0.391 e. The van der Waals surface area contributed by atoms with Gasteiger partial charge < -0.3 is 10.6 Å². The van der Waals surface area contributed by atoms with Crippen LogP contribution >= 0.6 is 11.6 Å². The zero-order chi connectivity index (χ0) is 16.0. The molecule has 0 spiro atoms. The standard InChI is InChI=1S/C13H17ClF3N3O/c1-3-4-18-11-10(14)5-9(7-19-11)12(21)20-8(2)6-13(15,16)17/h5,7-8H,3-4,6H2,1-2H3,(H,18,19)(H,20,21). The molecule has 0 aliphatic rings. The summed E-state index contributed by atoms with van der Waals surface area (Å²) >= 11 is 5.97. The maximum atomic E-state index is 12.2. The second kappa shape index (κ2) is 7.49. The van der Waals surface area contributed by atoms with E-state index >= 15 is 0 Å². The van der Waals surface area contributed by atoms with Crippen LogP contribution in [0.15, 0.2) is 12.3 Å². The second-order valence-electron chi connectivity index (χ2n) is 4.68. The van der Waals surface area contributed by atoms with Crippen molar-refractivity contribution in [3.05, 3.63) is 22.8 Å². The number of carbonyl (C=O) groups excluding carboxylic acids is 1. The summed E-state index contributed by atoms with van der Waals surface area (Å²) in [6.45, 7) is 3.95. The summed E-state index contributed by atoms with van der Waals surface area (Å²) in [5, 5.41) is 5.49. The summed E-state index contributed by atoms with van der Waals surface area (Å²) in [4.78, 5) is 15.8. The van der Waals surface area contributed by atoms with Crippen molar-refractivity contribution < 1.29 is 18.0 Å². The van der Waals surface area contributed by atoms with Crippen molar-refractivity contribution in [1.29, 1.82) is 0 Å². The Bertz CT molecular complexity index is 494. The fourth-order valence-electron chi connectivity index (χ4n) is 1.64. The summed E-state index contributed by atoms with van der Waals surface area (Å²) in [6, 6.07) is 0.358. The van der Waals surface area contributed by atoms with Crippen LogP contribution in [0.1, 0.15) is 37.0 Å². The van der Waals surface area contributed by atoms with Crippen LogP contribution in [0.3, 0.4) is 0 Å². The molecule has 21 heavy (non-hydrogen) atoms. The number of amides is 1. The van der Waals surface area contributed by atoms with Gasteiger partial charge in [-0.3, -0.25) is 4.79 Å². The molecule has 0 saturated carbocycles. The summed E-state index contributed by atoms with van der Waals surface area (Å²) in [7, 11) is 0. The van der Waals surface area contributed by atoms with Crippen LogP contribution in [0.5, 0.6) is 0 Å². The number of nitrogens with one attached hydrogen (secondary N) is 2. The van der Waals surface area contributed by atoms with Gasteiger partial charge in [0.15, 0.2) is 0 Å². The van der Waals surface area contributed by atoms with Gasteiger partial charge in [-0.25, -0.2) is 4.98 Å². The van der Waals surface area contributed by atoms with E-state index in [0.29, 0.717) is 12.4 Å². The Hall–Kier alpha value is -1.50. The van der Waals surface area contributed by atoms with Crippen molar-refractivity contribution >= 4 is 23.3 Å². The molecule has 118 valence electrons. The molecule has 0 radical (unpaired) electrons. The first kappa shape index (κ1) is 17.6. The number of anilines is 1. The molecule has 1 aromatic rings. The minimum Gasteiger partial charge on any atom is -0.369 e. The van der Waals surface area contributed by atoms with Gasteiger partial charge >= 0.3 is 6.18 Å². The molecule has 0 aliphatic carbocycles. The quantitative estimate of drug-likeness (QED) is 0.840. The number of alkyl halides is 3. The minimum absolute atomic E-state index is 0.121. The van der Waals surface area contributed by atoms with Crippen LogP contribution in [0, 0.1) is 0 Å². The average Bonchev–Trinajstić information content (AvgIpc) is 2.34. The fraction of sp³-hybridized carbons (Fsp3) is 0.538. The molecule has 1 heterocycles. The van der Waals surface area contributed by atoms with Crippen molar-refractivity contribution in [3.63, 3.8) is 0 Å². The molecule has 2 N–H and O–H groups in total. The van der Waals surface area contributed by atoms with Crippen molar-refractivity contribution in [2.75, 3.05) is 11.9 Å². The van der Waals surface area contributed by atoms with Crippen LogP contribution < -0.4 is 10.6 Å². The summed E-state index contributed by atoms with van der Waals surface area (Å²) in [5.74, 6) is -0.193. The molecule has 0 saturated heterocycles. The highest BCUT2D eigenvalue weighted by atomic mass is 35.5. The lowest BCUT2D eigenvalue weighted by Gasteiger charge is -2.16. The number of rotatable bonds is 6. The highest BCUT2D eigenvalue weighted by Crippen LogP contribution is 2.22. The van der Waals surface area contributed by atoms with E-state index in [1.54, 1.807) is 0 Å².